The lowest BCUT2D eigenvalue weighted by atomic mass is 9.78. The highest BCUT2D eigenvalue weighted by molar-refractivity contribution is 9.10. The highest BCUT2D eigenvalue weighted by Gasteiger charge is 2.24. The molecular formula is C18H29BrClN. The van der Waals surface area contributed by atoms with E-state index in [1.807, 2.05) is 6.07 Å². The number of rotatable bonds is 7. The van der Waals surface area contributed by atoms with Crippen molar-refractivity contribution in [1.82, 2.24) is 5.32 Å². The van der Waals surface area contributed by atoms with Gasteiger partial charge in [-0.3, -0.25) is 0 Å². The van der Waals surface area contributed by atoms with Crippen molar-refractivity contribution in [1.29, 1.82) is 0 Å². The van der Waals surface area contributed by atoms with Gasteiger partial charge in [-0.15, -0.1) is 0 Å². The molecule has 0 fully saturated rings. The van der Waals surface area contributed by atoms with Gasteiger partial charge in [-0.1, -0.05) is 68.2 Å². The summed E-state index contributed by atoms with van der Waals surface area (Å²) < 4.78 is 1.04. The lowest BCUT2D eigenvalue weighted by Gasteiger charge is -2.31. The molecule has 0 aliphatic carbocycles. The fourth-order valence-electron chi connectivity index (χ4n) is 2.32. The zero-order valence-corrected chi connectivity index (χ0v) is 16.3. The van der Waals surface area contributed by atoms with Crippen molar-refractivity contribution >= 4 is 27.5 Å². The van der Waals surface area contributed by atoms with Crippen molar-refractivity contribution in [3.8, 4) is 0 Å². The predicted octanol–water partition coefficient (Wildman–Crippen LogP) is 6.09. The van der Waals surface area contributed by atoms with Crippen LogP contribution in [0.3, 0.4) is 0 Å². The van der Waals surface area contributed by atoms with Crippen molar-refractivity contribution in [2.75, 3.05) is 6.54 Å². The van der Waals surface area contributed by atoms with Crippen LogP contribution in [-0.4, -0.2) is 12.6 Å². The van der Waals surface area contributed by atoms with Gasteiger partial charge >= 0.3 is 0 Å². The fourth-order valence-corrected chi connectivity index (χ4v) is 3.07. The van der Waals surface area contributed by atoms with Gasteiger partial charge in [0.25, 0.3) is 0 Å². The molecule has 120 valence electrons. The van der Waals surface area contributed by atoms with Crippen molar-refractivity contribution in [2.24, 2.45) is 11.3 Å². The van der Waals surface area contributed by atoms with E-state index in [1.165, 1.54) is 12.0 Å². The maximum Gasteiger partial charge on any atom is 0.0449 e. The van der Waals surface area contributed by atoms with Gasteiger partial charge in [0.2, 0.25) is 0 Å². The number of nitrogens with one attached hydrogen (secondary N) is 1. The average Bonchev–Trinajstić information content (AvgIpc) is 2.37. The molecule has 0 aliphatic rings. The van der Waals surface area contributed by atoms with Crippen LogP contribution in [0.25, 0.3) is 0 Å². The standard InChI is InChI=1S/C18H29BrClN/c1-6-9-21-16(10-13(2)18(3,4)5)11-14-7-8-15(19)12-17(14)20/h7-8,12-13,16,21H,6,9-11H2,1-5H3. The lowest BCUT2D eigenvalue weighted by molar-refractivity contribution is 0.222. The predicted molar refractivity (Wildman–Crippen MR) is 98.2 cm³/mol. The first-order chi connectivity index (χ1) is 9.74. The van der Waals surface area contributed by atoms with Crippen LogP contribution >= 0.6 is 27.5 Å². The molecule has 2 unspecified atom stereocenters. The summed E-state index contributed by atoms with van der Waals surface area (Å²) in [6.45, 7) is 12.6. The van der Waals surface area contributed by atoms with Gasteiger partial charge in [0, 0.05) is 15.5 Å². The van der Waals surface area contributed by atoms with E-state index in [0.29, 0.717) is 17.4 Å². The van der Waals surface area contributed by atoms with E-state index in [1.54, 1.807) is 0 Å². The Morgan fingerprint density at radius 2 is 1.95 bits per heavy atom. The zero-order valence-electron chi connectivity index (χ0n) is 14.0. The van der Waals surface area contributed by atoms with E-state index in [2.05, 4.69) is 68.0 Å². The van der Waals surface area contributed by atoms with E-state index in [0.717, 1.165) is 28.9 Å². The van der Waals surface area contributed by atoms with Crippen molar-refractivity contribution in [2.45, 2.75) is 59.9 Å². The van der Waals surface area contributed by atoms with Gasteiger partial charge in [0.05, 0.1) is 0 Å². The summed E-state index contributed by atoms with van der Waals surface area (Å²) in [6, 6.07) is 6.68. The average molecular weight is 375 g/mol. The van der Waals surface area contributed by atoms with Crippen LogP contribution < -0.4 is 5.32 Å². The topological polar surface area (TPSA) is 12.0 Å². The maximum absolute atomic E-state index is 6.38. The first-order valence-electron chi connectivity index (χ1n) is 7.91. The van der Waals surface area contributed by atoms with Crippen molar-refractivity contribution in [3.63, 3.8) is 0 Å². The third-order valence-corrected chi connectivity index (χ3v) is 5.13. The molecule has 0 saturated heterocycles. The Labute approximate surface area is 144 Å². The lowest BCUT2D eigenvalue weighted by Crippen LogP contribution is -2.36. The van der Waals surface area contributed by atoms with Crippen LogP contribution in [0.1, 0.15) is 53.0 Å². The largest absolute Gasteiger partial charge is 0.314 e. The van der Waals surface area contributed by atoms with Crippen LogP contribution in [0.15, 0.2) is 22.7 Å². The number of halogens is 2. The van der Waals surface area contributed by atoms with Gasteiger partial charge in [-0.2, -0.15) is 0 Å². The molecule has 0 aromatic heterocycles. The summed E-state index contributed by atoms with van der Waals surface area (Å²) in [5, 5.41) is 4.55. The van der Waals surface area contributed by atoms with Crippen LogP contribution in [0.2, 0.25) is 5.02 Å². The maximum atomic E-state index is 6.38. The Hall–Kier alpha value is -0.0500. The SMILES string of the molecule is CCCNC(Cc1ccc(Br)cc1Cl)CC(C)C(C)(C)C. The third kappa shape index (κ3) is 6.71. The Morgan fingerprint density at radius 1 is 1.29 bits per heavy atom. The number of hydrogen-bond donors (Lipinski definition) is 1. The minimum atomic E-state index is 0.343. The van der Waals surface area contributed by atoms with Gasteiger partial charge in [-0.05, 0) is 54.8 Å². The summed E-state index contributed by atoms with van der Waals surface area (Å²) in [7, 11) is 0. The number of benzene rings is 1. The summed E-state index contributed by atoms with van der Waals surface area (Å²) in [4.78, 5) is 0. The smallest absolute Gasteiger partial charge is 0.0449 e. The third-order valence-electron chi connectivity index (χ3n) is 4.28. The quantitative estimate of drug-likeness (QED) is 0.609. The van der Waals surface area contributed by atoms with Gasteiger partial charge in [-0.25, -0.2) is 0 Å². The van der Waals surface area contributed by atoms with E-state index >= 15 is 0 Å². The van der Waals surface area contributed by atoms with Crippen molar-refractivity contribution < 1.29 is 0 Å². The molecule has 1 nitrogen and oxygen atoms in total. The van der Waals surface area contributed by atoms with Crippen LogP contribution in [-0.2, 0) is 6.42 Å². The van der Waals surface area contributed by atoms with Crippen LogP contribution in [0.5, 0.6) is 0 Å². The highest BCUT2D eigenvalue weighted by Crippen LogP contribution is 2.30. The molecule has 0 spiro atoms. The Bertz CT molecular complexity index is 439. The Kier molecular flexibility index (Phi) is 7.73. The van der Waals surface area contributed by atoms with Crippen LogP contribution in [0.4, 0.5) is 0 Å². The molecule has 2 atom stereocenters. The summed E-state index contributed by atoms with van der Waals surface area (Å²) in [6.07, 6.45) is 3.33. The van der Waals surface area contributed by atoms with E-state index in [-0.39, 0.29) is 0 Å². The molecular weight excluding hydrogens is 346 g/mol. The minimum absolute atomic E-state index is 0.343. The van der Waals surface area contributed by atoms with E-state index in [9.17, 15) is 0 Å². The molecule has 0 heterocycles. The molecule has 0 bridgehead atoms. The molecule has 1 aromatic carbocycles. The summed E-state index contributed by atoms with van der Waals surface area (Å²) in [5.41, 5.74) is 1.57. The fraction of sp³-hybridized carbons (Fsp3) is 0.667. The van der Waals surface area contributed by atoms with Gasteiger partial charge < -0.3 is 5.32 Å². The first-order valence-corrected chi connectivity index (χ1v) is 9.08. The monoisotopic (exact) mass is 373 g/mol. The molecule has 0 amide bonds. The van der Waals surface area contributed by atoms with Gasteiger partial charge in [0.15, 0.2) is 0 Å². The molecule has 1 rings (SSSR count). The minimum Gasteiger partial charge on any atom is -0.314 e. The summed E-state index contributed by atoms with van der Waals surface area (Å²) >= 11 is 9.85. The zero-order chi connectivity index (χ0) is 16.0. The number of hydrogen-bond acceptors (Lipinski definition) is 1. The van der Waals surface area contributed by atoms with Crippen molar-refractivity contribution in [3.05, 3.63) is 33.3 Å². The van der Waals surface area contributed by atoms with E-state index in [4.69, 9.17) is 11.6 Å². The normalized spacial score (nSPS) is 15.0. The van der Waals surface area contributed by atoms with E-state index < -0.39 is 0 Å². The highest BCUT2D eigenvalue weighted by atomic mass is 79.9. The second-order valence-corrected chi connectivity index (χ2v) is 8.42. The second-order valence-electron chi connectivity index (χ2n) is 7.09. The Balaban J connectivity index is 2.77. The Morgan fingerprint density at radius 3 is 2.48 bits per heavy atom. The molecule has 1 N–H and O–H groups in total. The second kappa shape index (κ2) is 8.55. The summed E-state index contributed by atoms with van der Waals surface area (Å²) in [5.74, 6) is 0.668. The molecule has 0 saturated carbocycles. The van der Waals surface area contributed by atoms with Gasteiger partial charge in [0.1, 0.15) is 0 Å². The molecule has 0 aliphatic heterocycles. The van der Waals surface area contributed by atoms with Crippen LogP contribution in [0, 0.1) is 11.3 Å². The first kappa shape index (κ1) is 19.0. The molecule has 1 aromatic rings. The molecule has 0 radical (unpaired) electrons. The molecule has 3 heteroatoms. The molecule has 21 heavy (non-hydrogen) atoms.